The third kappa shape index (κ3) is 2.16. The van der Waals surface area contributed by atoms with Gasteiger partial charge in [0.2, 0.25) is 0 Å². The van der Waals surface area contributed by atoms with Gasteiger partial charge in [-0.05, 0) is 34.7 Å². The van der Waals surface area contributed by atoms with E-state index in [-0.39, 0.29) is 6.61 Å². The third-order valence-corrected chi connectivity index (χ3v) is 2.96. The van der Waals surface area contributed by atoms with Crippen molar-refractivity contribution in [3.8, 4) is 5.69 Å². The fraction of sp³-hybridized carbons (Fsp3) is 0.100. The van der Waals surface area contributed by atoms with Gasteiger partial charge in [-0.15, -0.1) is 0 Å². The second-order valence-corrected chi connectivity index (χ2v) is 4.65. The van der Waals surface area contributed by atoms with E-state index in [1.54, 1.807) is 16.9 Å². The molecule has 1 aromatic carbocycles. The Bertz CT molecular complexity index is 484. The summed E-state index contributed by atoms with van der Waals surface area (Å²) in [6.07, 6.45) is 3.63. The Balaban J connectivity index is 2.57. The molecule has 0 unspecified atom stereocenters. The standard InChI is InChI=1S/C10H8ClIN2O/c11-9-2-1-3-10(8(9)6-15)14-5-7(12)4-13-14/h1-5,15H,6H2. The first-order valence-electron chi connectivity index (χ1n) is 4.31. The van der Waals surface area contributed by atoms with E-state index in [0.717, 1.165) is 9.26 Å². The SMILES string of the molecule is OCc1c(Cl)cccc1-n1cc(I)cn1. The van der Waals surface area contributed by atoms with Gasteiger partial charge in [-0.2, -0.15) is 5.10 Å². The Kier molecular flexibility index (Phi) is 3.28. The molecule has 2 aromatic rings. The number of halogens is 2. The monoisotopic (exact) mass is 334 g/mol. The van der Waals surface area contributed by atoms with E-state index >= 15 is 0 Å². The molecule has 78 valence electrons. The van der Waals surface area contributed by atoms with Gasteiger partial charge in [0.25, 0.3) is 0 Å². The molecule has 5 heteroatoms. The lowest BCUT2D eigenvalue weighted by Crippen LogP contribution is -2.00. The maximum Gasteiger partial charge on any atom is 0.0717 e. The summed E-state index contributed by atoms with van der Waals surface area (Å²) >= 11 is 8.16. The molecule has 1 N–H and O–H groups in total. The molecule has 3 nitrogen and oxygen atoms in total. The van der Waals surface area contributed by atoms with Gasteiger partial charge in [-0.1, -0.05) is 17.7 Å². The normalized spacial score (nSPS) is 10.6. The van der Waals surface area contributed by atoms with E-state index in [9.17, 15) is 5.11 Å². The molecule has 0 fully saturated rings. The summed E-state index contributed by atoms with van der Waals surface area (Å²) in [5.74, 6) is 0. The van der Waals surface area contributed by atoms with Crippen molar-refractivity contribution < 1.29 is 5.11 Å². The predicted octanol–water partition coefficient (Wildman–Crippen LogP) is 2.62. The highest BCUT2D eigenvalue weighted by molar-refractivity contribution is 14.1. The van der Waals surface area contributed by atoms with Gasteiger partial charge >= 0.3 is 0 Å². The van der Waals surface area contributed by atoms with Crippen LogP contribution < -0.4 is 0 Å². The number of aromatic nitrogens is 2. The van der Waals surface area contributed by atoms with Crippen LogP contribution >= 0.6 is 34.2 Å². The molecule has 0 saturated heterocycles. The number of hydrogen-bond donors (Lipinski definition) is 1. The highest BCUT2D eigenvalue weighted by Gasteiger charge is 2.08. The molecular weight excluding hydrogens is 326 g/mol. The Morgan fingerprint density at radius 1 is 1.47 bits per heavy atom. The first kappa shape index (κ1) is 10.9. The van der Waals surface area contributed by atoms with Crippen molar-refractivity contribution in [3.05, 3.63) is 44.7 Å². The number of benzene rings is 1. The number of nitrogens with zero attached hydrogens (tertiary/aromatic N) is 2. The van der Waals surface area contributed by atoms with E-state index in [1.807, 2.05) is 18.3 Å². The highest BCUT2D eigenvalue weighted by atomic mass is 127. The quantitative estimate of drug-likeness (QED) is 0.858. The second-order valence-electron chi connectivity index (χ2n) is 3.00. The summed E-state index contributed by atoms with van der Waals surface area (Å²) in [6, 6.07) is 5.47. The van der Waals surface area contributed by atoms with Crippen LogP contribution in [0, 0.1) is 3.57 Å². The van der Waals surface area contributed by atoms with Crippen LogP contribution in [0.4, 0.5) is 0 Å². The zero-order valence-electron chi connectivity index (χ0n) is 7.69. The molecule has 2 rings (SSSR count). The largest absolute Gasteiger partial charge is 0.392 e. The maximum atomic E-state index is 9.24. The first-order valence-corrected chi connectivity index (χ1v) is 5.77. The van der Waals surface area contributed by atoms with Crippen molar-refractivity contribution in [2.45, 2.75) is 6.61 Å². The summed E-state index contributed by atoms with van der Waals surface area (Å²) in [6.45, 7) is -0.0918. The van der Waals surface area contributed by atoms with Crippen molar-refractivity contribution in [1.29, 1.82) is 0 Å². The molecule has 0 radical (unpaired) electrons. The lowest BCUT2D eigenvalue weighted by atomic mass is 10.2. The van der Waals surface area contributed by atoms with Crippen molar-refractivity contribution in [2.75, 3.05) is 0 Å². The third-order valence-electron chi connectivity index (χ3n) is 2.05. The van der Waals surface area contributed by atoms with E-state index in [1.165, 1.54) is 0 Å². The van der Waals surface area contributed by atoms with Gasteiger partial charge in [0.05, 0.1) is 22.1 Å². The first-order chi connectivity index (χ1) is 7.22. The van der Waals surface area contributed by atoms with Crippen LogP contribution in [0.3, 0.4) is 0 Å². The summed E-state index contributed by atoms with van der Waals surface area (Å²) in [7, 11) is 0. The van der Waals surface area contributed by atoms with Gasteiger partial charge in [-0.25, -0.2) is 4.68 Å². The minimum absolute atomic E-state index is 0.0918. The summed E-state index contributed by atoms with van der Waals surface area (Å²) in [5.41, 5.74) is 1.51. The summed E-state index contributed by atoms with van der Waals surface area (Å²) in [4.78, 5) is 0. The Morgan fingerprint density at radius 3 is 2.87 bits per heavy atom. The van der Waals surface area contributed by atoms with Crippen molar-refractivity contribution >= 4 is 34.2 Å². The van der Waals surface area contributed by atoms with Crippen LogP contribution in [0.15, 0.2) is 30.6 Å². The zero-order chi connectivity index (χ0) is 10.8. The van der Waals surface area contributed by atoms with E-state index in [0.29, 0.717) is 10.6 Å². The Labute approximate surface area is 106 Å². The van der Waals surface area contributed by atoms with Gasteiger partial charge < -0.3 is 5.11 Å². The van der Waals surface area contributed by atoms with E-state index < -0.39 is 0 Å². The van der Waals surface area contributed by atoms with Crippen LogP contribution in [-0.2, 0) is 6.61 Å². The van der Waals surface area contributed by atoms with Gasteiger partial charge in [0.15, 0.2) is 0 Å². The molecule has 0 spiro atoms. The van der Waals surface area contributed by atoms with Crippen LogP contribution in [0.2, 0.25) is 5.02 Å². The molecule has 0 amide bonds. The molecule has 0 aliphatic heterocycles. The fourth-order valence-corrected chi connectivity index (χ4v) is 1.97. The molecule has 1 aromatic heterocycles. The topological polar surface area (TPSA) is 38.0 Å². The lowest BCUT2D eigenvalue weighted by molar-refractivity contribution is 0.281. The molecule has 0 saturated carbocycles. The average Bonchev–Trinajstić information content (AvgIpc) is 2.64. The molecule has 15 heavy (non-hydrogen) atoms. The van der Waals surface area contributed by atoms with E-state index in [4.69, 9.17) is 11.6 Å². The average molecular weight is 335 g/mol. The van der Waals surface area contributed by atoms with Crippen LogP contribution in [-0.4, -0.2) is 14.9 Å². The number of aliphatic hydroxyl groups is 1. The van der Waals surface area contributed by atoms with Gasteiger partial charge in [0, 0.05) is 16.8 Å². The maximum absolute atomic E-state index is 9.24. The molecule has 0 aliphatic rings. The molecule has 0 bridgehead atoms. The highest BCUT2D eigenvalue weighted by Crippen LogP contribution is 2.23. The van der Waals surface area contributed by atoms with Crippen molar-refractivity contribution in [2.24, 2.45) is 0 Å². The molecule has 1 heterocycles. The van der Waals surface area contributed by atoms with Gasteiger partial charge in [0.1, 0.15) is 0 Å². The smallest absolute Gasteiger partial charge is 0.0717 e. The zero-order valence-corrected chi connectivity index (χ0v) is 10.6. The van der Waals surface area contributed by atoms with Crippen molar-refractivity contribution in [1.82, 2.24) is 9.78 Å². The van der Waals surface area contributed by atoms with Crippen molar-refractivity contribution in [3.63, 3.8) is 0 Å². The Hall–Kier alpha value is -0.590. The van der Waals surface area contributed by atoms with Crippen LogP contribution in [0.5, 0.6) is 0 Å². The minimum Gasteiger partial charge on any atom is -0.392 e. The molecular formula is C10H8ClIN2O. The second kappa shape index (κ2) is 4.51. The molecule has 0 aliphatic carbocycles. The van der Waals surface area contributed by atoms with E-state index in [2.05, 4.69) is 27.7 Å². The molecule has 0 atom stereocenters. The number of aliphatic hydroxyl groups excluding tert-OH is 1. The Morgan fingerprint density at radius 2 is 2.27 bits per heavy atom. The number of rotatable bonds is 2. The van der Waals surface area contributed by atoms with Gasteiger partial charge in [-0.3, -0.25) is 0 Å². The minimum atomic E-state index is -0.0918. The fourth-order valence-electron chi connectivity index (χ4n) is 1.35. The lowest BCUT2D eigenvalue weighted by Gasteiger charge is -2.08. The summed E-state index contributed by atoms with van der Waals surface area (Å²) < 4.78 is 2.75. The van der Waals surface area contributed by atoms with Crippen LogP contribution in [0.1, 0.15) is 5.56 Å². The summed E-state index contributed by atoms with van der Waals surface area (Å²) in [5, 5.41) is 14.0. The predicted molar refractivity (Wildman–Crippen MR) is 67.2 cm³/mol. The van der Waals surface area contributed by atoms with Crippen LogP contribution in [0.25, 0.3) is 5.69 Å². The number of hydrogen-bond acceptors (Lipinski definition) is 2.